The zero-order chi connectivity index (χ0) is 20.6. The maximum Gasteiger partial charge on any atom is 0.261 e. The number of aliphatic hydroxyl groups excluding tert-OH is 1. The Labute approximate surface area is 172 Å². The molecule has 28 heavy (non-hydrogen) atoms. The highest BCUT2D eigenvalue weighted by molar-refractivity contribution is 6.99. The van der Waals surface area contributed by atoms with Crippen molar-refractivity contribution in [1.82, 2.24) is 0 Å². The topological polar surface area (TPSA) is 29.5 Å². The quantitative estimate of drug-likeness (QED) is 0.456. The van der Waals surface area contributed by atoms with Crippen LogP contribution in [0.1, 0.15) is 47.0 Å². The summed E-state index contributed by atoms with van der Waals surface area (Å²) in [5.74, 6) is 0.410. The van der Waals surface area contributed by atoms with Gasteiger partial charge in [0.15, 0.2) is 0 Å². The van der Waals surface area contributed by atoms with Crippen molar-refractivity contribution in [3.63, 3.8) is 0 Å². The number of benzene rings is 2. The van der Waals surface area contributed by atoms with Crippen LogP contribution in [0.15, 0.2) is 73.3 Å². The van der Waals surface area contributed by atoms with Crippen molar-refractivity contribution in [1.29, 1.82) is 0 Å². The molecule has 0 amide bonds. The molecule has 2 aromatic carbocycles. The maximum atomic E-state index is 10.1. The van der Waals surface area contributed by atoms with Gasteiger partial charge < -0.3 is 9.53 Å². The van der Waals surface area contributed by atoms with Gasteiger partial charge in [-0.25, -0.2) is 0 Å². The molecule has 3 heteroatoms. The van der Waals surface area contributed by atoms with Crippen LogP contribution in [0.2, 0.25) is 5.04 Å². The van der Waals surface area contributed by atoms with E-state index >= 15 is 0 Å². The Morgan fingerprint density at radius 1 is 1.00 bits per heavy atom. The van der Waals surface area contributed by atoms with Crippen molar-refractivity contribution in [2.45, 2.75) is 58.1 Å². The summed E-state index contributed by atoms with van der Waals surface area (Å²) in [5.41, 5.74) is 0. The second-order valence-corrected chi connectivity index (χ2v) is 13.1. The second-order valence-electron chi connectivity index (χ2n) is 8.82. The highest BCUT2D eigenvalue weighted by Gasteiger charge is 2.49. The van der Waals surface area contributed by atoms with Gasteiger partial charge in [-0.05, 0) is 40.6 Å². The lowest BCUT2D eigenvalue weighted by atomic mass is 9.99. The average molecular weight is 397 g/mol. The fourth-order valence-corrected chi connectivity index (χ4v) is 8.63. The molecule has 0 saturated carbocycles. The van der Waals surface area contributed by atoms with Crippen molar-refractivity contribution in [2.75, 3.05) is 6.61 Å². The lowest BCUT2D eigenvalue weighted by Gasteiger charge is -2.43. The molecule has 2 atom stereocenters. The van der Waals surface area contributed by atoms with Gasteiger partial charge in [0.05, 0.1) is 6.10 Å². The van der Waals surface area contributed by atoms with Crippen LogP contribution in [0.25, 0.3) is 0 Å². The molecule has 0 radical (unpaired) electrons. The first kappa shape index (κ1) is 22.6. The lowest BCUT2D eigenvalue weighted by Crippen LogP contribution is -2.66. The molecule has 0 bridgehead atoms. The summed E-state index contributed by atoms with van der Waals surface area (Å²) < 4.78 is 6.92. The van der Waals surface area contributed by atoms with Crippen LogP contribution in [-0.4, -0.2) is 26.1 Å². The second kappa shape index (κ2) is 10.2. The van der Waals surface area contributed by atoms with Crippen LogP contribution in [0, 0.1) is 5.92 Å². The van der Waals surface area contributed by atoms with E-state index < -0.39 is 8.32 Å². The van der Waals surface area contributed by atoms with E-state index in [9.17, 15) is 5.11 Å². The number of aliphatic hydroxyl groups is 1. The number of hydrogen-bond acceptors (Lipinski definition) is 2. The fraction of sp³-hybridized carbons (Fsp3) is 0.440. The standard InChI is InChI=1S/C25H36O2Si/c1-6-13-22(26)20-21(2)18-19-27-28(25(3,4)5,23-14-9-7-10-15-23)24-16-11-8-12-17-24/h6-12,14-17,21-22,26H,1,13,18-20H2,2-5H3/t21-,22+/m0/s1. The van der Waals surface area contributed by atoms with Crippen molar-refractivity contribution in [2.24, 2.45) is 5.92 Å². The molecular weight excluding hydrogens is 360 g/mol. The molecule has 0 aromatic heterocycles. The Hall–Kier alpha value is -1.68. The van der Waals surface area contributed by atoms with Crippen LogP contribution in [0.5, 0.6) is 0 Å². The monoisotopic (exact) mass is 396 g/mol. The third kappa shape index (κ3) is 5.44. The Morgan fingerprint density at radius 2 is 1.50 bits per heavy atom. The number of hydrogen-bond donors (Lipinski definition) is 1. The zero-order valence-electron chi connectivity index (χ0n) is 17.9. The van der Waals surface area contributed by atoms with Gasteiger partial charge in [-0.2, -0.15) is 0 Å². The minimum atomic E-state index is -2.45. The van der Waals surface area contributed by atoms with Crippen LogP contribution in [-0.2, 0) is 4.43 Å². The Bertz CT molecular complexity index is 667. The molecule has 2 aromatic rings. The predicted molar refractivity (Wildman–Crippen MR) is 123 cm³/mol. The Kier molecular flexibility index (Phi) is 8.23. The molecule has 0 saturated heterocycles. The molecule has 0 fully saturated rings. The van der Waals surface area contributed by atoms with E-state index in [1.165, 1.54) is 10.4 Å². The fourth-order valence-electron chi connectivity index (χ4n) is 4.05. The first-order valence-corrected chi connectivity index (χ1v) is 12.3. The molecule has 152 valence electrons. The molecule has 0 heterocycles. The van der Waals surface area contributed by atoms with Crippen molar-refractivity contribution in [3.8, 4) is 0 Å². The van der Waals surface area contributed by atoms with Crippen LogP contribution in [0.4, 0.5) is 0 Å². The van der Waals surface area contributed by atoms with E-state index in [1.807, 2.05) is 0 Å². The first-order chi connectivity index (χ1) is 13.3. The van der Waals surface area contributed by atoms with Crippen molar-refractivity contribution in [3.05, 3.63) is 73.3 Å². The molecular formula is C25H36O2Si. The summed E-state index contributed by atoms with van der Waals surface area (Å²) in [7, 11) is -2.45. The first-order valence-electron chi connectivity index (χ1n) is 10.3. The smallest absolute Gasteiger partial charge is 0.261 e. The van der Waals surface area contributed by atoms with E-state index in [0.29, 0.717) is 18.9 Å². The van der Waals surface area contributed by atoms with Gasteiger partial charge in [-0.1, -0.05) is 94.4 Å². The number of rotatable bonds is 10. The van der Waals surface area contributed by atoms with Crippen LogP contribution >= 0.6 is 0 Å². The molecule has 0 spiro atoms. The Morgan fingerprint density at radius 3 is 1.93 bits per heavy atom. The van der Waals surface area contributed by atoms with Crippen LogP contribution < -0.4 is 10.4 Å². The maximum absolute atomic E-state index is 10.1. The summed E-state index contributed by atoms with van der Waals surface area (Å²) in [4.78, 5) is 0. The van der Waals surface area contributed by atoms with Gasteiger partial charge >= 0.3 is 0 Å². The van der Waals surface area contributed by atoms with Crippen LogP contribution in [0.3, 0.4) is 0 Å². The van der Waals surface area contributed by atoms with Crippen molar-refractivity contribution >= 4 is 18.7 Å². The minimum Gasteiger partial charge on any atom is -0.407 e. The summed E-state index contributed by atoms with van der Waals surface area (Å²) in [6, 6.07) is 21.5. The SMILES string of the molecule is C=CC[C@@H](O)C[C@@H](C)CCO[Si](c1ccccc1)(c1ccccc1)C(C)(C)C. The normalized spacial score (nSPS) is 14.5. The van der Waals surface area contributed by atoms with Gasteiger partial charge in [0.25, 0.3) is 8.32 Å². The molecule has 1 N–H and O–H groups in total. The minimum absolute atomic E-state index is 0.00129. The third-order valence-corrected chi connectivity index (χ3v) is 10.5. The van der Waals surface area contributed by atoms with Gasteiger partial charge in [-0.3, -0.25) is 0 Å². The average Bonchev–Trinajstić information content (AvgIpc) is 2.66. The zero-order valence-corrected chi connectivity index (χ0v) is 18.9. The molecule has 0 aliphatic heterocycles. The molecule has 2 nitrogen and oxygen atoms in total. The Balaban J connectivity index is 2.28. The summed E-state index contributed by atoms with van der Waals surface area (Å²) in [6.45, 7) is 13.5. The molecule has 0 aliphatic carbocycles. The van der Waals surface area contributed by atoms with E-state index in [0.717, 1.165) is 12.8 Å². The van der Waals surface area contributed by atoms with Gasteiger partial charge in [0.1, 0.15) is 0 Å². The van der Waals surface area contributed by atoms with E-state index in [2.05, 4.69) is 94.9 Å². The molecule has 0 unspecified atom stereocenters. The predicted octanol–water partition coefficient (Wildman–Crippen LogP) is 4.92. The largest absolute Gasteiger partial charge is 0.407 e. The van der Waals surface area contributed by atoms with E-state index in [1.54, 1.807) is 6.08 Å². The molecule has 2 rings (SSSR count). The lowest BCUT2D eigenvalue weighted by molar-refractivity contribution is 0.140. The highest BCUT2D eigenvalue weighted by Crippen LogP contribution is 2.37. The molecule has 0 aliphatic rings. The third-order valence-electron chi connectivity index (χ3n) is 5.46. The summed E-state index contributed by atoms with van der Waals surface area (Å²) in [5, 5.41) is 12.7. The van der Waals surface area contributed by atoms with E-state index in [4.69, 9.17) is 4.43 Å². The van der Waals surface area contributed by atoms with Gasteiger partial charge in [0.2, 0.25) is 0 Å². The van der Waals surface area contributed by atoms with Crippen molar-refractivity contribution < 1.29 is 9.53 Å². The van der Waals surface area contributed by atoms with Gasteiger partial charge in [0, 0.05) is 6.61 Å². The highest BCUT2D eigenvalue weighted by atomic mass is 28.4. The van der Waals surface area contributed by atoms with Gasteiger partial charge in [-0.15, -0.1) is 6.58 Å². The summed E-state index contributed by atoms with van der Waals surface area (Å²) >= 11 is 0. The van der Waals surface area contributed by atoms with E-state index in [-0.39, 0.29) is 11.1 Å². The summed E-state index contributed by atoms with van der Waals surface area (Å²) in [6.07, 6.45) is 3.87.